The van der Waals surface area contributed by atoms with E-state index in [1.165, 1.54) is 84.0 Å². The highest BCUT2D eigenvalue weighted by molar-refractivity contribution is 7.98. The molecule has 6 aromatic carbocycles. The van der Waals surface area contributed by atoms with Gasteiger partial charge in [-0.15, -0.1) is 11.8 Å². The zero-order chi connectivity index (χ0) is 42.5. The van der Waals surface area contributed by atoms with E-state index in [0.29, 0.717) is 13.2 Å². The molecule has 2 aliphatic heterocycles. The number of aryl methyl sites for hydroxylation is 1. The Bertz CT molecular complexity index is 2760. The van der Waals surface area contributed by atoms with E-state index in [1.807, 2.05) is 0 Å². The van der Waals surface area contributed by atoms with Gasteiger partial charge in [0.1, 0.15) is 6.61 Å². The molecular formula is C55H55N3O2S. The highest BCUT2D eigenvalue weighted by Gasteiger charge is 2.42. The fourth-order valence-corrected chi connectivity index (χ4v) is 10.5. The van der Waals surface area contributed by atoms with Crippen LogP contribution < -0.4 is 15.1 Å². The summed E-state index contributed by atoms with van der Waals surface area (Å²) in [6.07, 6.45) is 13.5. The van der Waals surface area contributed by atoms with Crippen molar-refractivity contribution in [3.05, 3.63) is 185 Å². The number of allylic oxidation sites excluding steroid dienone is 6. The Morgan fingerprint density at radius 2 is 1.49 bits per heavy atom. The third-order valence-electron chi connectivity index (χ3n) is 13.0. The summed E-state index contributed by atoms with van der Waals surface area (Å²) < 4.78 is 5.56. The molecule has 1 N–H and O–H groups in total. The van der Waals surface area contributed by atoms with E-state index in [4.69, 9.17) is 4.74 Å². The van der Waals surface area contributed by atoms with Gasteiger partial charge in [0.05, 0.1) is 18.3 Å². The number of benzene rings is 6. The number of carbonyl (C=O) groups is 1. The molecule has 0 saturated carbocycles. The van der Waals surface area contributed by atoms with Crippen LogP contribution in [-0.2, 0) is 20.4 Å². The Kier molecular flexibility index (Phi) is 10.7. The Balaban J connectivity index is 1.17. The fraction of sp³-hybridized carbons (Fsp3) is 0.255. The van der Waals surface area contributed by atoms with E-state index >= 15 is 0 Å². The van der Waals surface area contributed by atoms with Crippen molar-refractivity contribution in [3.63, 3.8) is 0 Å². The predicted molar refractivity (Wildman–Crippen MR) is 258 cm³/mol. The first-order valence-corrected chi connectivity index (χ1v) is 22.7. The van der Waals surface area contributed by atoms with E-state index in [9.17, 15) is 4.79 Å². The number of hydrogen-bond acceptors (Lipinski definition) is 6. The second-order valence-electron chi connectivity index (χ2n) is 17.7. The van der Waals surface area contributed by atoms with Gasteiger partial charge in [0.15, 0.2) is 0 Å². The van der Waals surface area contributed by atoms with E-state index in [0.717, 1.165) is 24.2 Å². The van der Waals surface area contributed by atoms with Crippen molar-refractivity contribution in [2.45, 2.75) is 76.2 Å². The molecule has 0 radical (unpaired) electrons. The zero-order valence-electron chi connectivity index (χ0n) is 36.4. The predicted octanol–water partition coefficient (Wildman–Crippen LogP) is 13.7. The monoisotopic (exact) mass is 821 g/mol. The van der Waals surface area contributed by atoms with Gasteiger partial charge in [-0.05, 0) is 124 Å². The number of fused-ring (bicyclic) bond motifs is 6. The van der Waals surface area contributed by atoms with Crippen molar-refractivity contribution < 1.29 is 9.53 Å². The van der Waals surface area contributed by atoms with Crippen LogP contribution in [0.3, 0.4) is 0 Å². The molecule has 0 saturated heterocycles. The molecule has 6 heteroatoms. The van der Waals surface area contributed by atoms with E-state index in [-0.39, 0.29) is 22.8 Å². The highest BCUT2D eigenvalue weighted by Crippen LogP contribution is 2.52. The first-order valence-electron chi connectivity index (χ1n) is 21.5. The van der Waals surface area contributed by atoms with Gasteiger partial charge < -0.3 is 19.9 Å². The first-order chi connectivity index (χ1) is 29.4. The lowest BCUT2D eigenvalue weighted by Crippen LogP contribution is -2.31. The quantitative estimate of drug-likeness (QED) is 0.110. The van der Waals surface area contributed by atoms with Crippen molar-refractivity contribution in [3.8, 4) is 0 Å². The molecule has 6 aromatic rings. The molecule has 1 aliphatic carbocycles. The number of esters is 1. The van der Waals surface area contributed by atoms with Crippen LogP contribution in [0.5, 0.6) is 0 Å². The van der Waals surface area contributed by atoms with Crippen LogP contribution >= 0.6 is 11.8 Å². The van der Waals surface area contributed by atoms with Crippen molar-refractivity contribution in [1.29, 1.82) is 0 Å². The van der Waals surface area contributed by atoms with Gasteiger partial charge in [-0.1, -0.05) is 124 Å². The molecule has 5 nitrogen and oxygen atoms in total. The lowest BCUT2D eigenvalue weighted by molar-refractivity contribution is -0.140. The number of thioether (sulfide) groups is 1. The second-order valence-corrected chi connectivity index (χ2v) is 18.6. The minimum absolute atomic E-state index is 0.112. The minimum atomic E-state index is -0.309. The molecule has 0 amide bonds. The lowest BCUT2D eigenvalue weighted by atomic mass is 9.78. The summed E-state index contributed by atoms with van der Waals surface area (Å²) in [6.45, 7) is 13.9. The van der Waals surface area contributed by atoms with Crippen LogP contribution in [0.4, 0.5) is 22.7 Å². The molecule has 0 aromatic heterocycles. The largest absolute Gasteiger partial charge is 0.464 e. The van der Waals surface area contributed by atoms with Crippen molar-refractivity contribution in [2.24, 2.45) is 0 Å². The SMILES string of the molecule is CSc1ccc2c3c(ccc2c1)N[C@@H](/C=C/C1=C(N(c2ccccc2)c2ccccc2)C(=C/C=C2/N(CCOC(C)=O)c4ccc5cc(C)ccc5c4C2(C)C)/CC1)C3(C)C. The fourth-order valence-electron chi connectivity index (χ4n) is 10.1. The van der Waals surface area contributed by atoms with Crippen molar-refractivity contribution in [1.82, 2.24) is 0 Å². The first kappa shape index (κ1) is 40.4. The third kappa shape index (κ3) is 7.35. The van der Waals surface area contributed by atoms with Gasteiger partial charge in [-0.2, -0.15) is 0 Å². The normalized spacial score (nSPS) is 19.0. The maximum absolute atomic E-state index is 12.0. The second kappa shape index (κ2) is 16.1. The molecule has 0 spiro atoms. The van der Waals surface area contributed by atoms with Crippen LogP contribution in [0.25, 0.3) is 21.5 Å². The molecule has 308 valence electrons. The molecule has 61 heavy (non-hydrogen) atoms. The van der Waals surface area contributed by atoms with E-state index in [1.54, 1.807) is 11.8 Å². The maximum Gasteiger partial charge on any atom is 0.302 e. The Hall–Kier alpha value is -5.98. The summed E-state index contributed by atoms with van der Waals surface area (Å²) in [5, 5.41) is 9.04. The lowest BCUT2D eigenvalue weighted by Gasteiger charge is -2.29. The van der Waals surface area contributed by atoms with Crippen LogP contribution in [0.2, 0.25) is 0 Å². The number of nitrogens with one attached hydrogen (secondary N) is 1. The minimum Gasteiger partial charge on any atom is -0.464 e. The van der Waals surface area contributed by atoms with Gasteiger partial charge in [0.25, 0.3) is 0 Å². The van der Waals surface area contributed by atoms with Crippen LogP contribution in [0, 0.1) is 6.92 Å². The molecule has 1 atom stereocenters. The number of hydrogen-bond donors (Lipinski definition) is 1. The number of rotatable bonds is 10. The molecule has 2 heterocycles. The number of ether oxygens (including phenoxy) is 1. The summed E-state index contributed by atoms with van der Waals surface area (Å²) in [6, 6.07) is 44.3. The standard InChI is InChI=1S/C55H55N3O2S/c1-36-18-26-46-40(34-36)22-29-48-52(46)55(5,6)50(57(48)32-33-60-37(2)59)31-24-39-20-19-38(53(39)58(42-14-10-8-11-15-42)43-16-12-9-13-17-43)23-30-49-54(3,4)51-45-27-25-44(61-7)35-41(45)21-28-47(51)56-49/h8-18,21-31,34-35,49,56H,19-20,32-33H2,1-7H3/b30-23+,39-24+,50-31+/t49-/m0/s1. The Morgan fingerprint density at radius 1 is 0.820 bits per heavy atom. The maximum atomic E-state index is 12.0. The topological polar surface area (TPSA) is 44.8 Å². The summed E-state index contributed by atoms with van der Waals surface area (Å²) >= 11 is 1.79. The van der Waals surface area contributed by atoms with Gasteiger partial charge >= 0.3 is 5.97 Å². The summed E-state index contributed by atoms with van der Waals surface area (Å²) in [5.74, 6) is -0.262. The smallest absolute Gasteiger partial charge is 0.302 e. The summed E-state index contributed by atoms with van der Waals surface area (Å²) in [5.41, 5.74) is 13.1. The van der Waals surface area contributed by atoms with Crippen LogP contribution in [0.15, 0.2) is 173 Å². The molecular weight excluding hydrogens is 767 g/mol. The van der Waals surface area contributed by atoms with Gasteiger partial charge in [0.2, 0.25) is 0 Å². The molecule has 0 fully saturated rings. The average molecular weight is 822 g/mol. The zero-order valence-corrected chi connectivity index (χ0v) is 37.2. The third-order valence-corrected chi connectivity index (χ3v) is 13.8. The van der Waals surface area contributed by atoms with Gasteiger partial charge in [-0.3, -0.25) is 4.79 Å². The average Bonchev–Trinajstić information content (AvgIpc) is 3.85. The van der Waals surface area contributed by atoms with E-state index < -0.39 is 0 Å². The number of nitrogens with zero attached hydrogens (tertiary/aromatic N) is 2. The number of para-hydroxylation sites is 2. The van der Waals surface area contributed by atoms with Gasteiger partial charge in [0, 0.05) is 51.1 Å². The van der Waals surface area contributed by atoms with Gasteiger partial charge in [-0.25, -0.2) is 0 Å². The van der Waals surface area contributed by atoms with E-state index in [2.05, 4.69) is 202 Å². The molecule has 0 unspecified atom stereocenters. The summed E-state index contributed by atoms with van der Waals surface area (Å²) in [4.78, 5) is 18.1. The van der Waals surface area contributed by atoms with Crippen LogP contribution in [0.1, 0.15) is 64.2 Å². The summed E-state index contributed by atoms with van der Waals surface area (Å²) in [7, 11) is 0. The Labute approximate surface area is 365 Å². The highest BCUT2D eigenvalue weighted by atomic mass is 32.2. The number of carbonyl (C=O) groups excluding carboxylic acids is 1. The van der Waals surface area contributed by atoms with Crippen molar-refractivity contribution in [2.75, 3.05) is 34.5 Å². The molecule has 3 aliphatic rings. The number of anilines is 4. The Morgan fingerprint density at radius 3 is 2.20 bits per heavy atom. The molecule has 9 rings (SSSR count). The molecule has 0 bridgehead atoms. The van der Waals surface area contributed by atoms with Crippen molar-refractivity contribution >= 4 is 62.0 Å². The van der Waals surface area contributed by atoms with Crippen LogP contribution in [-0.4, -0.2) is 31.4 Å².